The largest absolute Gasteiger partial charge is 0.454 e. The van der Waals surface area contributed by atoms with Gasteiger partial charge in [-0.25, -0.2) is 0 Å². The van der Waals surface area contributed by atoms with Gasteiger partial charge >= 0.3 is 0 Å². The fraction of sp³-hybridized carbons (Fsp3) is 0.462. The molecule has 1 amide bonds. The first-order valence-electron chi connectivity index (χ1n) is 6.05. The highest BCUT2D eigenvalue weighted by Crippen LogP contribution is 2.32. The quantitative estimate of drug-likeness (QED) is 0.786. The Hall–Kier alpha value is -1.79. The minimum Gasteiger partial charge on any atom is -0.454 e. The third-order valence-electron chi connectivity index (χ3n) is 2.82. The number of hydrogen-bond acceptors (Lipinski definition) is 5. The third kappa shape index (κ3) is 3.36. The molecule has 0 spiro atoms. The van der Waals surface area contributed by atoms with Crippen LogP contribution in [-0.4, -0.2) is 44.2 Å². The van der Waals surface area contributed by atoms with Crippen molar-refractivity contribution in [2.45, 2.75) is 12.5 Å². The summed E-state index contributed by atoms with van der Waals surface area (Å²) < 4.78 is 15.4. The molecule has 104 valence electrons. The summed E-state index contributed by atoms with van der Waals surface area (Å²) in [6.07, 6.45) is 0.449. The predicted molar refractivity (Wildman–Crippen MR) is 67.4 cm³/mol. The van der Waals surface area contributed by atoms with Crippen molar-refractivity contribution in [3.05, 3.63) is 23.8 Å². The highest BCUT2D eigenvalue weighted by molar-refractivity contribution is 5.95. The Balaban J connectivity index is 2.02. The molecule has 1 aliphatic rings. The standard InChI is InChI=1S/C13H17NO5/c1-17-7-10(4-5-15)14-13(16)9-2-3-11-12(6-9)19-8-18-11/h2-3,6,10,15H,4-5,7-8H2,1H3,(H,14,16). The molecule has 0 radical (unpaired) electrons. The Morgan fingerprint density at radius 1 is 1.47 bits per heavy atom. The fourth-order valence-electron chi connectivity index (χ4n) is 1.86. The van der Waals surface area contributed by atoms with E-state index in [4.69, 9.17) is 19.3 Å². The number of benzene rings is 1. The van der Waals surface area contributed by atoms with Crippen LogP contribution in [0, 0.1) is 0 Å². The van der Waals surface area contributed by atoms with Crippen LogP contribution in [0.1, 0.15) is 16.8 Å². The second-order valence-corrected chi connectivity index (χ2v) is 4.21. The Morgan fingerprint density at radius 2 is 2.26 bits per heavy atom. The molecule has 0 bridgehead atoms. The van der Waals surface area contributed by atoms with Crippen molar-refractivity contribution in [2.24, 2.45) is 0 Å². The lowest BCUT2D eigenvalue weighted by Gasteiger charge is -2.16. The molecule has 1 atom stereocenters. The Morgan fingerprint density at radius 3 is 3.00 bits per heavy atom. The highest BCUT2D eigenvalue weighted by atomic mass is 16.7. The van der Waals surface area contributed by atoms with Gasteiger partial charge in [0.2, 0.25) is 6.79 Å². The van der Waals surface area contributed by atoms with E-state index in [2.05, 4.69) is 5.32 Å². The second-order valence-electron chi connectivity index (χ2n) is 4.21. The molecule has 1 unspecified atom stereocenters. The van der Waals surface area contributed by atoms with Gasteiger partial charge in [0, 0.05) is 19.3 Å². The molecular formula is C13H17NO5. The lowest BCUT2D eigenvalue weighted by molar-refractivity contribution is 0.0878. The van der Waals surface area contributed by atoms with Crippen molar-refractivity contribution in [3.8, 4) is 11.5 Å². The van der Waals surface area contributed by atoms with E-state index in [1.807, 2.05) is 0 Å². The summed E-state index contributed by atoms with van der Waals surface area (Å²) in [7, 11) is 1.55. The van der Waals surface area contributed by atoms with E-state index >= 15 is 0 Å². The van der Waals surface area contributed by atoms with E-state index in [9.17, 15) is 4.79 Å². The van der Waals surface area contributed by atoms with Crippen molar-refractivity contribution >= 4 is 5.91 Å². The normalized spacial score (nSPS) is 14.2. The number of fused-ring (bicyclic) bond motifs is 1. The number of ether oxygens (including phenoxy) is 3. The Bertz CT molecular complexity index is 443. The summed E-state index contributed by atoms with van der Waals surface area (Å²) in [6.45, 7) is 0.531. The van der Waals surface area contributed by atoms with Gasteiger partial charge in [0.1, 0.15) is 0 Å². The minimum absolute atomic E-state index is 0.00452. The summed E-state index contributed by atoms with van der Waals surface area (Å²) in [4.78, 5) is 12.1. The zero-order valence-corrected chi connectivity index (χ0v) is 10.7. The van der Waals surface area contributed by atoms with Crippen molar-refractivity contribution in [1.82, 2.24) is 5.32 Å². The first-order valence-corrected chi connectivity index (χ1v) is 6.05. The molecule has 2 N–H and O–H groups in total. The molecule has 1 aromatic carbocycles. The summed E-state index contributed by atoms with van der Waals surface area (Å²) in [5, 5.41) is 11.7. The maximum Gasteiger partial charge on any atom is 0.251 e. The summed E-state index contributed by atoms with van der Waals surface area (Å²) in [6, 6.07) is 4.80. The maximum atomic E-state index is 12.1. The lowest BCUT2D eigenvalue weighted by atomic mass is 10.1. The van der Waals surface area contributed by atoms with Crippen molar-refractivity contribution < 1.29 is 24.1 Å². The van der Waals surface area contributed by atoms with Gasteiger partial charge in [-0.1, -0.05) is 0 Å². The second kappa shape index (κ2) is 6.40. The molecule has 0 aromatic heterocycles. The average Bonchev–Trinajstić information content (AvgIpc) is 2.86. The van der Waals surface area contributed by atoms with Crippen molar-refractivity contribution in [2.75, 3.05) is 27.1 Å². The number of amides is 1. The van der Waals surface area contributed by atoms with Crippen LogP contribution in [0.5, 0.6) is 11.5 Å². The van der Waals surface area contributed by atoms with Crippen LogP contribution in [-0.2, 0) is 4.74 Å². The van der Waals surface area contributed by atoms with E-state index in [0.29, 0.717) is 30.1 Å². The number of carbonyl (C=O) groups excluding carboxylic acids is 1. The van der Waals surface area contributed by atoms with E-state index < -0.39 is 0 Å². The SMILES string of the molecule is COCC(CCO)NC(=O)c1ccc2c(c1)OCO2. The molecule has 0 saturated heterocycles. The fourth-order valence-corrected chi connectivity index (χ4v) is 1.86. The zero-order chi connectivity index (χ0) is 13.7. The first-order chi connectivity index (χ1) is 9.24. The molecule has 0 fully saturated rings. The van der Waals surface area contributed by atoms with Gasteiger partial charge in [-0.15, -0.1) is 0 Å². The van der Waals surface area contributed by atoms with Gasteiger partial charge in [0.15, 0.2) is 11.5 Å². The molecule has 1 aliphatic heterocycles. The highest BCUT2D eigenvalue weighted by Gasteiger charge is 2.18. The number of methoxy groups -OCH3 is 1. The van der Waals surface area contributed by atoms with Crippen LogP contribution in [0.3, 0.4) is 0 Å². The summed E-state index contributed by atoms with van der Waals surface area (Å²) >= 11 is 0. The third-order valence-corrected chi connectivity index (χ3v) is 2.82. The number of rotatable bonds is 6. The van der Waals surface area contributed by atoms with Crippen LogP contribution in [0.15, 0.2) is 18.2 Å². The van der Waals surface area contributed by atoms with Crippen LogP contribution in [0.4, 0.5) is 0 Å². The molecule has 6 nitrogen and oxygen atoms in total. The molecule has 0 saturated carbocycles. The van der Waals surface area contributed by atoms with Gasteiger partial charge in [-0.3, -0.25) is 4.79 Å². The predicted octanol–water partition coefficient (Wildman–Crippen LogP) is 0.542. The maximum absolute atomic E-state index is 12.1. The van der Waals surface area contributed by atoms with Crippen LogP contribution < -0.4 is 14.8 Å². The number of nitrogens with one attached hydrogen (secondary N) is 1. The first kappa shape index (κ1) is 13.6. The zero-order valence-electron chi connectivity index (χ0n) is 10.7. The Kier molecular flexibility index (Phi) is 4.59. The molecule has 1 aromatic rings. The van der Waals surface area contributed by atoms with Gasteiger partial charge in [-0.05, 0) is 24.6 Å². The van der Waals surface area contributed by atoms with Crippen LogP contribution in [0.25, 0.3) is 0 Å². The summed E-state index contributed by atoms with van der Waals surface area (Å²) in [5.41, 5.74) is 0.489. The van der Waals surface area contributed by atoms with Crippen LogP contribution >= 0.6 is 0 Å². The van der Waals surface area contributed by atoms with E-state index in [-0.39, 0.29) is 25.3 Å². The van der Waals surface area contributed by atoms with Gasteiger partial charge < -0.3 is 24.6 Å². The monoisotopic (exact) mass is 267 g/mol. The topological polar surface area (TPSA) is 77.0 Å². The van der Waals surface area contributed by atoms with Gasteiger partial charge in [0.25, 0.3) is 5.91 Å². The molecule has 0 aliphatic carbocycles. The van der Waals surface area contributed by atoms with Gasteiger partial charge in [-0.2, -0.15) is 0 Å². The van der Waals surface area contributed by atoms with Gasteiger partial charge in [0.05, 0.1) is 12.6 Å². The van der Waals surface area contributed by atoms with Crippen molar-refractivity contribution in [3.63, 3.8) is 0 Å². The molecule has 2 rings (SSSR count). The number of carbonyl (C=O) groups is 1. The van der Waals surface area contributed by atoms with Crippen LogP contribution in [0.2, 0.25) is 0 Å². The van der Waals surface area contributed by atoms with E-state index in [0.717, 1.165) is 0 Å². The lowest BCUT2D eigenvalue weighted by Crippen LogP contribution is -2.38. The molecule has 1 heterocycles. The molecule has 6 heteroatoms. The summed E-state index contributed by atoms with van der Waals surface area (Å²) in [5.74, 6) is 0.979. The number of hydrogen-bond donors (Lipinski definition) is 2. The average molecular weight is 267 g/mol. The number of aliphatic hydroxyl groups is 1. The van der Waals surface area contributed by atoms with Crippen molar-refractivity contribution in [1.29, 1.82) is 0 Å². The Labute approximate surface area is 111 Å². The molecule has 19 heavy (non-hydrogen) atoms. The minimum atomic E-state index is -0.228. The van der Waals surface area contributed by atoms with E-state index in [1.165, 1.54) is 0 Å². The number of aliphatic hydroxyl groups excluding tert-OH is 1. The smallest absolute Gasteiger partial charge is 0.251 e. The molecular weight excluding hydrogens is 250 g/mol. The van der Waals surface area contributed by atoms with E-state index in [1.54, 1.807) is 25.3 Å².